The summed E-state index contributed by atoms with van der Waals surface area (Å²) in [5.74, 6) is -0.280. The van der Waals surface area contributed by atoms with Gasteiger partial charge in [-0.3, -0.25) is 0 Å². The van der Waals surface area contributed by atoms with Gasteiger partial charge in [0.25, 0.3) is 0 Å². The number of nitrogens with one attached hydrogen (secondary N) is 2. The fourth-order valence-electron chi connectivity index (χ4n) is 1.08. The van der Waals surface area contributed by atoms with Crippen LogP contribution in [0.3, 0.4) is 0 Å². The summed E-state index contributed by atoms with van der Waals surface area (Å²) in [5, 5.41) is 5.99. The van der Waals surface area contributed by atoms with Gasteiger partial charge in [-0.2, -0.15) is 0 Å². The topological polar surface area (TPSA) is 33.3 Å². The number of hydrogen-bond donors (Lipinski definition) is 2. The third-order valence-corrected chi connectivity index (χ3v) is 2.00. The van der Waals surface area contributed by atoms with E-state index in [0.717, 1.165) is 0 Å². The van der Waals surface area contributed by atoms with Gasteiger partial charge < -0.3 is 15.4 Å². The predicted octanol–water partition coefficient (Wildman–Crippen LogP) is 3.06. The number of ether oxygens (including phenoxy) is 1. The summed E-state index contributed by atoms with van der Waals surface area (Å²) in [7, 11) is 0. The van der Waals surface area contributed by atoms with Crippen LogP contribution in [0.1, 0.15) is 0 Å². The van der Waals surface area contributed by atoms with Crippen molar-refractivity contribution in [1.82, 2.24) is 5.32 Å². The number of alkyl halides is 3. The maximum absolute atomic E-state index is 11.9. The van der Waals surface area contributed by atoms with Gasteiger partial charge in [0, 0.05) is 12.2 Å². The van der Waals surface area contributed by atoms with Gasteiger partial charge in [-0.25, -0.2) is 0 Å². The van der Waals surface area contributed by atoms with Crippen molar-refractivity contribution in [3.8, 4) is 5.75 Å². The Morgan fingerprint density at radius 2 is 1.94 bits per heavy atom. The van der Waals surface area contributed by atoms with Gasteiger partial charge in [0.1, 0.15) is 5.75 Å². The van der Waals surface area contributed by atoms with E-state index in [1.807, 2.05) is 0 Å². The monoisotopic (exact) mass is 276 g/mol. The first-order chi connectivity index (χ1) is 8.40. The standard InChI is InChI=1S/C11H11F3N2OS/c1-2-7-15-10(18)16-8-3-5-9(6-4-8)17-11(12,13)14/h2-6H,1,7H2,(H2,15,16,18). The number of halogens is 3. The highest BCUT2D eigenvalue weighted by Gasteiger charge is 2.30. The predicted molar refractivity (Wildman–Crippen MR) is 67.5 cm³/mol. The first-order valence-electron chi connectivity index (χ1n) is 4.92. The quantitative estimate of drug-likeness (QED) is 0.654. The second kappa shape index (κ2) is 6.25. The Morgan fingerprint density at radius 1 is 1.33 bits per heavy atom. The summed E-state index contributed by atoms with van der Waals surface area (Å²) >= 11 is 4.94. The van der Waals surface area contributed by atoms with E-state index in [4.69, 9.17) is 12.2 Å². The van der Waals surface area contributed by atoms with Gasteiger partial charge in [0.15, 0.2) is 5.11 Å². The third-order valence-electron chi connectivity index (χ3n) is 1.75. The van der Waals surface area contributed by atoms with Crippen molar-refractivity contribution in [2.75, 3.05) is 11.9 Å². The SMILES string of the molecule is C=CCNC(=S)Nc1ccc(OC(F)(F)F)cc1. The second-order valence-electron chi connectivity index (χ2n) is 3.20. The summed E-state index contributed by atoms with van der Waals surface area (Å²) in [6.45, 7) is 4.01. The summed E-state index contributed by atoms with van der Waals surface area (Å²) in [6, 6.07) is 5.27. The molecular formula is C11H11F3N2OS. The van der Waals surface area contributed by atoms with E-state index in [9.17, 15) is 13.2 Å². The van der Waals surface area contributed by atoms with Crippen molar-refractivity contribution in [2.45, 2.75) is 6.36 Å². The zero-order valence-corrected chi connectivity index (χ0v) is 10.1. The Bertz CT molecular complexity index is 417. The van der Waals surface area contributed by atoms with Crippen LogP contribution in [0.5, 0.6) is 5.75 Å². The fourth-order valence-corrected chi connectivity index (χ4v) is 1.28. The number of hydrogen-bond acceptors (Lipinski definition) is 2. The van der Waals surface area contributed by atoms with Gasteiger partial charge in [-0.15, -0.1) is 19.8 Å². The molecule has 0 unspecified atom stereocenters. The van der Waals surface area contributed by atoms with E-state index in [1.165, 1.54) is 24.3 Å². The van der Waals surface area contributed by atoms with E-state index in [0.29, 0.717) is 17.3 Å². The zero-order chi connectivity index (χ0) is 13.6. The molecule has 0 aliphatic carbocycles. The fraction of sp³-hybridized carbons (Fsp3) is 0.182. The van der Waals surface area contributed by atoms with E-state index in [-0.39, 0.29) is 5.75 Å². The van der Waals surface area contributed by atoms with Crippen LogP contribution >= 0.6 is 12.2 Å². The van der Waals surface area contributed by atoms with Crippen molar-refractivity contribution >= 4 is 23.0 Å². The lowest BCUT2D eigenvalue weighted by atomic mass is 10.3. The molecule has 0 aromatic heterocycles. The van der Waals surface area contributed by atoms with Crippen LogP contribution in [0.25, 0.3) is 0 Å². The normalized spacial score (nSPS) is 10.6. The largest absolute Gasteiger partial charge is 0.573 e. The molecular weight excluding hydrogens is 265 g/mol. The zero-order valence-electron chi connectivity index (χ0n) is 9.25. The molecule has 0 spiro atoms. The number of rotatable bonds is 4. The maximum Gasteiger partial charge on any atom is 0.573 e. The molecule has 0 radical (unpaired) electrons. The summed E-state index contributed by atoms with van der Waals surface area (Å²) in [5.41, 5.74) is 0.561. The van der Waals surface area contributed by atoms with Crippen molar-refractivity contribution < 1.29 is 17.9 Å². The van der Waals surface area contributed by atoms with Crippen molar-refractivity contribution in [3.05, 3.63) is 36.9 Å². The van der Waals surface area contributed by atoms with Crippen LogP contribution < -0.4 is 15.4 Å². The lowest BCUT2D eigenvalue weighted by molar-refractivity contribution is -0.274. The summed E-state index contributed by atoms with van der Waals surface area (Å²) in [4.78, 5) is 0. The first kappa shape index (κ1) is 14.3. The molecule has 0 amide bonds. The number of anilines is 1. The Labute approximate surface area is 108 Å². The molecule has 7 heteroatoms. The lowest BCUT2D eigenvalue weighted by Gasteiger charge is -2.11. The summed E-state index contributed by atoms with van der Waals surface area (Å²) < 4.78 is 39.5. The van der Waals surface area contributed by atoms with Crippen LogP contribution in [0.2, 0.25) is 0 Å². The molecule has 1 aromatic carbocycles. The van der Waals surface area contributed by atoms with E-state index in [2.05, 4.69) is 21.9 Å². The van der Waals surface area contributed by atoms with Crippen LogP contribution in [0.4, 0.5) is 18.9 Å². The second-order valence-corrected chi connectivity index (χ2v) is 3.60. The minimum absolute atomic E-state index is 0.280. The van der Waals surface area contributed by atoms with Crippen LogP contribution in [-0.2, 0) is 0 Å². The molecule has 1 rings (SSSR count). The molecule has 3 nitrogen and oxygen atoms in total. The average molecular weight is 276 g/mol. The highest BCUT2D eigenvalue weighted by molar-refractivity contribution is 7.80. The molecule has 0 saturated heterocycles. The van der Waals surface area contributed by atoms with Gasteiger partial charge >= 0.3 is 6.36 Å². The molecule has 0 bridgehead atoms. The van der Waals surface area contributed by atoms with Gasteiger partial charge in [0.05, 0.1) is 0 Å². The van der Waals surface area contributed by atoms with Gasteiger partial charge in [0.2, 0.25) is 0 Å². The Kier molecular flexibility index (Phi) is 4.96. The highest BCUT2D eigenvalue weighted by Crippen LogP contribution is 2.23. The molecule has 0 aliphatic heterocycles. The molecule has 1 aromatic rings. The van der Waals surface area contributed by atoms with Gasteiger partial charge in [-0.05, 0) is 36.5 Å². The molecule has 0 fully saturated rings. The van der Waals surface area contributed by atoms with Crippen molar-refractivity contribution in [1.29, 1.82) is 0 Å². The molecule has 0 heterocycles. The van der Waals surface area contributed by atoms with E-state index < -0.39 is 6.36 Å². The summed E-state index contributed by atoms with van der Waals surface area (Å²) in [6.07, 6.45) is -3.05. The minimum atomic E-state index is -4.68. The van der Waals surface area contributed by atoms with Crippen LogP contribution in [0, 0.1) is 0 Å². The molecule has 0 aliphatic rings. The van der Waals surface area contributed by atoms with E-state index >= 15 is 0 Å². The van der Waals surface area contributed by atoms with Crippen LogP contribution in [-0.4, -0.2) is 18.0 Å². The van der Waals surface area contributed by atoms with Gasteiger partial charge in [-0.1, -0.05) is 6.08 Å². The van der Waals surface area contributed by atoms with Crippen molar-refractivity contribution in [3.63, 3.8) is 0 Å². The lowest BCUT2D eigenvalue weighted by Crippen LogP contribution is -2.28. The number of benzene rings is 1. The number of thiocarbonyl (C=S) groups is 1. The maximum atomic E-state index is 11.9. The minimum Gasteiger partial charge on any atom is -0.406 e. The van der Waals surface area contributed by atoms with E-state index in [1.54, 1.807) is 6.08 Å². The molecule has 0 atom stereocenters. The highest BCUT2D eigenvalue weighted by atomic mass is 32.1. The first-order valence-corrected chi connectivity index (χ1v) is 5.33. The third kappa shape index (κ3) is 5.53. The van der Waals surface area contributed by atoms with Crippen molar-refractivity contribution in [2.24, 2.45) is 0 Å². The van der Waals surface area contributed by atoms with Crippen LogP contribution in [0.15, 0.2) is 36.9 Å². The Morgan fingerprint density at radius 3 is 2.44 bits per heavy atom. The molecule has 0 saturated carbocycles. The molecule has 98 valence electrons. The Balaban J connectivity index is 2.55. The smallest absolute Gasteiger partial charge is 0.406 e. The molecule has 2 N–H and O–H groups in total. The average Bonchev–Trinajstić information content (AvgIpc) is 2.27. The Hall–Kier alpha value is -1.76. The molecule has 18 heavy (non-hydrogen) atoms.